The number of benzene rings is 2. The summed E-state index contributed by atoms with van der Waals surface area (Å²) >= 11 is 0. The topological polar surface area (TPSA) is 36.9 Å². The summed E-state index contributed by atoms with van der Waals surface area (Å²) in [5, 5.41) is 2.80. The smallest absolute Gasteiger partial charge is 0.399 e. The molecule has 32 heavy (non-hydrogen) atoms. The van der Waals surface area contributed by atoms with Gasteiger partial charge in [-0.25, -0.2) is 0 Å². The molecule has 0 bridgehead atoms. The molecule has 4 rings (SSSR count). The molecule has 2 aliphatic rings. The first-order chi connectivity index (χ1) is 15.1. The molecule has 172 valence electrons. The van der Waals surface area contributed by atoms with Crippen LogP contribution in [0.3, 0.4) is 0 Å². The van der Waals surface area contributed by atoms with Crippen LogP contribution in [0, 0.1) is 0 Å². The molecule has 0 amide bonds. The molecule has 1 atom stereocenters. The Morgan fingerprint density at radius 2 is 1.59 bits per heavy atom. The summed E-state index contributed by atoms with van der Waals surface area (Å²) in [6.07, 6.45) is 3.24. The van der Waals surface area contributed by atoms with Crippen molar-refractivity contribution in [3.05, 3.63) is 54.1 Å². The molecular weight excluding hydrogens is 415 g/mol. The quantitative estimate of drug-likeness (QED) is 0.624. The molecular formula is C26H37BO4Si. The van der Waals surface area contributed by atoms with Crippen LogP contribution in [0.15, 0.2) is 48.5 Å². The molecule has 2 heterocycles. The first-order valence-corrected chi connectivity index (χ1v) is 14.9. The predicted octanol–water partition coefficient (Wildman–Crippen LogP) is 3.85. The molecule has 2 aromatic carbocycles. The molecule has 0 unspecified atom stereocenters. The summed E-state index contributed by atoms with van der Waals surface area (Å²) in [6, 6.07) is 17.6. The van der Waals surface area contributed by atoms with Gasteiger partial charge in [0.1, 0.15) is 8.07 Å². The van der Waals surface area contributed by atoms with E-state index in [1.54, 1.807) is 0 Å². The van der Waals surface area contributed by atoms with Gasteiger partial charge in [-0.3, -0.25) is 0 Å². The highest BCUT2D eigenvalue weighted by atomic mass is 28.3. The molecule has 6 heteroatoms. The number of rotatable bonds is 6. The second-order valence-corrected chi connectivity index (χ2v) is 15.0. The maximum Gasteiger partial charge on any atom is 0.494 e. The number of ether oxygens (including phenoxy) is 2. The van der Waals surface area contributed by atoms with Crippen molar-refractivity contribution in [3.63, 3.8) is 0 Å². The maximum atomic E-state index is 6.23. The summed E-state index contributed by atoms with van der Waals surface area (Å²) in [7, 11) is -2.23. The average Bonchev–Trinajstić information content (AvgIpc) is 3.00. The second-order valence-electron chi connectivity index (χ2n) is 10.6. The van der Waals surface area contributed by atoms with E-state index in [0.717, 1.165) is 24.9 Å². The minimum absolute atomic E-state index is 0.0687. The van der Waals surface area contributed by atoms with E-state index in [2.05, 4.69) is 89.3 Å². The average molecular weight is 452 g/mol. The van der Waals surface area contributed by atoms with Gasteiger partial charge in [0.05, 0.1) is 17.8 Å². The third-order valence-corrected chi connectivity index (χ3v) is 11.0. The van der Waals surface area contributed by atoms with Gasteiger partial charge in [-0.05, 0) is 63.2 Å². The lowest BCUT2D eigenvalue weighted by atomic mass is 9.79. The van der Waals surface area contributed by atoms with Gasteiger partial charge < -0.3 is 18.8 Å². The van der Waals surface area contributed by atoms with Gasteiger partial charge in [-0.15, -0.1) is 0 Å². The van der Waals surface area contributed by atoms with E-state index in [1.807, 2.05) is 0 Å². The molecule has 2 aromatic rings. The molecule has 0 saturated carbocycles. The molecule has 0 aromatic heterocycles. The minimum atomic E-state index is -1.91. The lowest BCUT2D eigenvalue weighted by Gasteiger charge is -2.32. The van der Waals surface area contributed by atoms with Gasteiger partial charge in [0.15, 0.2) is 6.29 Å². The Labute approximate surface area is 194 Å². The van der Waals surface area contributed by atoms with Crippen LogP contribution < -0.4 is 15.8 Å². The molecule has 2 saturated heterocycles. The van der Waals surface area contributed by atoms with Crippen LogP contribution in [0.5, 0.6) is 0 Å². The van der Waals surface area contributed by atoms with Gasteiger partial charge >= 0.3 is 7.12 Å². The Morgan fingerprint density at radius 3 is 2.22 bits per heavy atom. The van der Waals surface area contributed by atoms with Crippen molar-refractivity contribution in [1.82, 2.24) is 0 Å². The molecule has 0 spiro atoms. The SMILES string of the molecule is CC1(C)OB(c2ccc([Si](C)(C)c3ccccc3CO[C@@H]3CCCCO3)cc2)OC1(C)C. The first-order valence-electron chi connectivity index (χ1n) is 11.9. The highest BCUT2D eigenvalue weighted by molar-refractivity contribution is 7.00. The zero-order chi connectivity index (χ0) is 23.0. The number of hydrogen-bond acceptors (Lipinski definition) is 4. The lowest BCUT2D eigenvalue weighted by molar-refractivity contribution is -0.168. The zero-order valence-corrected chi connectivity index (χ0v) is 21.4. The molecule has 2 aliphatic heterocycles. The standard InChI is InChI=1S/C26H37BO4Si/c1-25(2)26(3,4)31-27(30-25)21-14-16-22(17-15-21)32(5,6)23-12-8-7-11-20(23)19-29-24-13-9-10-18-28-24/h7-8,11-12,14-17,24H,9-10,13,18-19H2,1-6H3/t24-/m1/s1. The van der Waals surface area contributed by atoms with Gasteiger partial charge in [-0.1, -0.05) is 66.8 Å². The Hall–Kier alpha value is -1.44. The van der Waals surface area contributed by atoms with Crippen LogP contribution in [-0.2, 0) is 25.4 Å². The van der Waals surface area contributed by atoms with Crippen molar-refractivity contribution >= 4 is 31.0 Å². The third-order valence-electron chi connectivity index (χ3n) is 7.41. The monoisotopic (exact) mass is 452 g/mol. The minimum Gasteiger partial charge on any atom is -0.399 e. The summed E-state index contributed by atoms with van der Waals surface area (Å²) < 4.78 is 24.4. The lowest BCUT2D eigenvalue weighted by Crippen LogP contribution is -2.54. The Kier molecular flexibility index (Phi) is 6.72. The van der Waals surface area contributed by atoms with E-state index in [4.69, 9.17) is 18.8 Å². The van der Waals surface area contributed by atoms with Gasteiger partial charge in [0.25, 0.3) is 0 Å². The van der Waals surface area contributed by atoms with E-state index in [-0.39, 0.29) is 24.6 Å². The fourth-order valence-electron chi connectivity index (χ4n) is 4.47. The maximum absolute atomic E-state index is 6.23. The van der Waals surface area contributed by atoms with Gasteiger partial charge in [0.2, 0.25) is 0 Å². The zero-order valence-electron chi connectivity index (χ0n) is 20.4. The Morgan fingerprint density at radius 1 is 0.938 bits per heavy atom. The molecule has 0 radical (unpaired) electrons. The Balaban J connectivity index is 1.51. The van der Waals surface area contributed by atoms with Crippen molar-refractivity contribution in [2.75, 3.05) is 6.61 Å². The fourth-order valence-corrected chi connectivity index (χ4v) is 7.25. The normalized spacial score (nSPS) is 22.8. The molecule has 4 nitrogen and oxygen atoms in total. The van der Waals surface area contributed by atoms with Gasteiger partial charge in [-0.2, -0.15) is 0 Å². The van der Waals surface area contributed by atoms with Crippen LogP contribution in [0.1, 0.15) is 52.5 Å². The molecule has 0 aliphatic carbocycles. The summed E-state index contributed by atoms with van der Waals surface area (Å²) in [5.41, 5.74) is 1.69. The van der Waals surface area contributed by atoms with Crippen LogP contribution in [0.25, 0.3) is 0 Å². The van der Waals surface area contributed by atoms with Crippen LogP contribution in [-0.4, -0.2) is 39.3 Å². The van der Waals surface area contributed by atoms with Crippen LogP contribution in [0.2, 0.25) is 13.1 Å². The second kappa shape index (κ2) is 9.07. The predicted molar refractivity (Wildman–Crippen MR) is 134 cm³/mol. The highest BCUT2D eigenvalue weighted by Gasteiger charge is 2.51. The summed E-state index contributed by atoms with van der Waals surface area (Å²) in [4.78, 5) is 0. The van der Waals surface area contributed by atoms with Gasteiger partial charge in [0, 0.05) is 6.61 Å². The van der Waals surface area contributed by atoms with Crippen molar-refractivity contribution in [3.8, 4) is 0 Å². The summed E-state index contributed by atoms with van der Waals surface area (Å²) in [6.45, 7) is 14.6. The van der Waals surface area contributed by atoms with Crippen molar-refractivity contribution in [2.24, 2.45) is 0 Å². The fraction of sp³-hybridized carbons (Fsp3) is 0.538. The number of hydrogen-bond donors (Lipinski definition) is 0. The molecule has 0 N–H and O–H groups in total. The van der Waals surface area contributed by atoms with E-state index < -0.39 is 8.07 Å². The van der Waals surface area contributed by atoms with Crippen LogP contribution in [0.4, 0.5) is 0 Å². The third kappa shape index (κ3) is 4.75. The van der Waals surface area contributed by atoms with E-state index in [1.165, 1.54) is 22.4 Å². The highest BCUT2D eigenvalue weighted by Crippen LogP contribution is 2.36. The summed E-state index contributed by atoms with van der Waals surface area (Å²) in [5.74, 6) is 0. The first kappa shape index (κ1) is 23.7. The van der Waals surface area contributed by atoms with Crippen molar-refractivity contribution < 1.29 is 18.8 Å². The van der Waals surface area contributed by atoms with E-state index >= 15 is 0 Å². The van der Waals surface area contributed by atoms with Crippen molar-refractivity contribution in [1.29, 1.82) is 0 Å². The van der Waals surface area contributed by atoms with Crippen molar-refractivity contribution in [2.45, 2.75) is 84.2 Å². The molecule has 2 fully saturated rings. The van der Waals surface area contributed by atoms with E-state index in [9.17, 15) is 0 Å². The Bertz CT molecular complexity index is 904. The van der Waals surface area contributed by atoms with Crippen LogP contribution >= 0.6 is 0 Å². The van der Waals surface area contributed by atoms with E-state index in [0.29, 0.717) is 6.61 Å². The largest absolute Gasteiger partial charge is 0.494 e.